The average molecular weight is 346 g/mol. The number of aromatic hydroxyl groups is 1. The number of hydrogen-bond donors (Lipinski definition) is 3. The summed E-state index contributed by atoms with van der Waals surface area (Å²) in [5.41, 5.74) is 0.779. The molecule has 1 aromatic rings. The summed E-state index contributed by atoms with van der Waals surface area (Å²) >= 11 is 0. The van der Waals surface area contributed by atoms with Crippen LogP contribution in [-0.2, 0) is 16.0 Å². The standard InChI is InChI=1S/C19H26N2O4/c22-17-4-2-1-3-14(17)7-8-18(23)20-15-9-16(10-15)21(12-19(24)25)11-13-5-6-13/h1-4,13,15-16,22H,5-12H2,(H,20,23)(H,24,25). The molecule has 0 atom stereocenters. The summed E-state index contributed by atoms with van der Waals surface area (Å²) in [5, 5.41) is 21.8. The smallest absolute Gasteiger partial charge is 0.317 e. The van der Waals surface area contributed by atoms with Gasteiger partial charge in [-0.25, -0.2) is 0 Å². The maximum atomic E-state index is 12.1. The number of carboxylic acids is 1. The van der Waals surface area contributed by atoms with Crippen molar-refractivity contribution in [2.24, 2.45) is 5.92 Å². The molecule has 2 aliphatic carbocycles. The SMILES string of the molecule is O=C(O)CN(CC1CC1)C1CC(NC(=O)CCc2ccccc2O)C1. The zero-order chi connectivity index (χ0) is 17.8. The van der Waals surface area contributed by atoms with E-state index in [0.717, 1.165) is 24.9 Å². The molecule has 0 aromatic heterocycles. The van der Waals surface area contributed by atoms with Crippen molar-refractivity contribution in [1.82, 2.24) is 10.2 Å². The van der Waals surface area contributed by atoms with Crippen molar-refractivity contribution in [2.75, 3.05) is 13.1 Å². The number of carboxylic acid groups (broad SMARTS) is 1. The van der Waals surface area contributed by atoms with Gasteiger partial charge in [-0.15, -0.1) is 0 Å². The Morgan fingerprint density at radius 3 is 2.56 bits per heavy atom. The molecule has 0 spiro atoms. The number of nitrogens with zero attached hydrogens (tertiary/aromatic N) is 1. The van der Waals surface area contributed by atoms with Gasteiger partial charge in [0.2, 0.25) is 5.91 Å². The third kappa shape index (κ3) is 5.19. The Labute approximate surface area is 147 Å². The minimum atomic E-state index is -0.782. The highest BCUT2D eigenvalue weighted by Crippen LogP contribution is 2.33. The van der Waals surface area contributed by atoms with E-state index in [1.54, 1.807) is 12.1 Å². The summed E-state index contributed by atoms with van der Waals surface area (Å²) in [6.45, 7) is 0.958. The van der Waals surface area contributed by atoms with Crippen LogP contribution in [0, 0.1) is 5.92 Å². The number of phenols is 1. The highest BCUT2D eigenvalue weighted by Gasteiger charge is 2.37. The van der Waals surface area contributed by atoms with Crippen LogP contribution in [0.25, 0.3) is 0 Å². The molecule has 2 fully saturated rings. The lowest BCUT2D eigenvalue weighted by atomic mass is 9.85. The molecule has 136 valence electrons. The van der Waals surface area contributed by atoms with Crippen LogP contribution in [0.5, 0.6) is 5.75 Å². The Morgan fingerprint density at radius 1 is 1.20 bits per heavy atom. The average Bonchev–Trinajstić information content (AvgIpc) is 3.32. The first-order chi connectivity index (χ1) is 12.0. The van der Waals surface area contributed by atoms with E-state index < -0.39 is 5.97 Å². The quantitative estimate of drug-likeness (QED) is 0.634. The maximum absolute atomic E-state index is 12.1. The second-order valence-electron chi connectivity index (χ2n) is 7.28. The molecule has 6 nitrogen and oxygen atoms in total. The summed E-state index contributed by atoms with van der Waals surface area (Å²) in [7, 11) is 0. The fourth-order valence-corrected chi connectivity index (χ4v) is 3.42. The Kier molecular flexibility index (Phi) is 5.58. The first-order valence-electron chi connectivity index (χ1n) is 9.03. The molecule has 0 bridgehead atoms. The van der Waals surface area contributed by atoms with Crippen LogP contribution in [0.2, 0.25) is 0 Å². The topological polar surface area (TPSA) is 89.9 Å². The van der Waals surface area contributed by atoms with Crippen LogP contribution in [0.3, 0.4) is 0 Å². The van der Waals surface area contributed by atoms with Crippen LogP contribution in [-0.4, -0.2) is 52.2 Å². The first-order valence-corrected chi connectivity index (χ1v) is 9.03. The summed E-state index contributed by atoms with van der Waals surface area (Å²) in [4.78, 5) is 25.2. The van der Waals surface area contributed by atoms with Crippen LogP contribution < -0.4 is 5.32 Å². The van der Waals surface area contributed by atoms with Gasteiger partial charge in [0.1, 0.15) is 5.75 Å². The zero-order valence-electron chi connectivity index (χ0n) is 14.4. The Bertz CT molecular complexity index is 624. The first kappa shape index (κ1) is 17.7. The minimum Gasteiger partial charge on any atom is -0.508 e. The van der Waals surface area contributed by atoms with Crippen molar-refractivity contribution >= 4 is 11.9 Å². The predicted octanol–water partition coefficient (Wildman–Crippen LogP) is 1.77. The van der Waals surface area contributed by atoms with Crippen molar-refractivity contribution < 1.29 is 19.8 Å². The molecule has 0 unspecified atom stereocenters. The number of benzene rings is 1. The number of phenolic OH excluding ortho intramolecular Hbond substituents is 1. The molecule has 3 N–H and O–H groups in total. The molecular formula is C19H26N2O4. The van der Waals surface area contributed by atoms with Crippen LogP contribution in [0.4, 0.5) is 0 Å². The molecular weight excluding hydrogens is 320 g/mol. The molecule has 2 aliphatic rings. The van der Waals surface area contributed by atoms with Crippen LogP contribution in [0.15, 0.2) is 24.3 Å². The van der Waals surface area contributed by atoms with Crippen molar-refractivity contribution in [3.63, 3.8) is 0 Å². The number of rotatable bonds is 9. The lowest BCUT2D eigenvalue weighted by Crippen LogP contribution is -2.55. The van der Waals surface area contributed by atoms with Gasteiger partial charge in [-0.2, -0.15) is 0 Å². The monoisotopic (exact) mass is 346 g/mol. The fourth-order valence-electron chi connectivity index (χ4n) is 3.42. The van der Waals surface area contributed by atoms with E-state index in [-0.39, 0.29) is 30.3 Å². The Balaban J connectivity index is 1.39. The number of carbonyl (C=O) groups is 2. The molecule has 1 amide bonds. The van der Waals surface area contributed by atoms with Crippen molar-refractivity contribution in [3.8, 4) is 5.75 Å². The van der Waals surface area contributed by atoms with Crippen molar-refractivity contribution in [2.45, 2.75) is 50.6 Å². The highest BCUT2D eigenvalue weighted by atomic mass is 16.4. The Morgan fingerprint density at radius 2 is 1.92 bits per heavy atom. The van der Waals surface area contributed by atoms with Gasteiger partial charge < -0.3 is 15.5 Å². The van der Waals surface area contributed by atoms with E-state index in [0.29, 0.717) is 18.8 Å². The normalized spacial score (nSPS) is 22.4. The van der Waals surface area contributed by atoms with E-state index in [1.165, 1.54) is 12.8 Å². The van der Waals surface area contributed by atoms with E-state index in [4.69, 9.17) is 5.11 Å². The Hall–Kier alpha value is -2.08. The maximum Gasteiger partial charge on any atom is 0.317 e. The minimum absolute atomic E-state index is 0.0151. The van der Waals surface area contributed by atoms with E-state index >= 15 is 0 Å². The number of carbonyl (C=O) groups excluding carboxylic acids is 1. The summed E-state index contributed by atoms with van der Waals surface area (Å²) in [6, 6.07) is 7.46. The highest BCUT2D eigenvalue weighted by molar-refractivity contribution is 5.76. The number of amides is 1. The number of aliphatic carboxylic acids is 1. The van der Waals surface area contributed by atoms with Crippen molar-refractivity contribution in [1.29, 1.82) is 0 Å². The molecule has 25 heavy (non-hydrogen) atoms. The molecule has 6 heteroatoms. The molecule has 0 saturated heterocycles. The van der Waals surface area contributed by atoms with Gasteiger partial charge in [-0.05, 0) is 49.7 Å². The van der Waals surface area contributed by atoms with Crippen LogP contribution >= 0.6 is 0 Å². The number of aryl methyl sites for hydroxylation is 1. The third-order valence-electron chi connectivity index (χ3n) is 5.14. The van der Waals surface area contributed by atoms with Gasteiger partial charge in [0.15, 0.2) is 0 Å². The molecule has 0 aliphatic heterocycles. The molecule has 2 saturated carbocycles. The number of para-hydroxylation sites is 1. The van der Waals surface area contributed by atoms with Gasteiger partial charge >= 0.3 is 5.97 Å². The number of nitrogens with one attached hydrogen (secondary N) is 1. The summed E-state index contributed by atoms with van der Waals surface area (Å²) in [5.74, 6) is 0.0874. The van der Waals surface area contributed by atoms with Gasteiger partial charge in [-0.1, -0.05) is 18.2 Å². The van der Waals surface area contributed by atoms with Crippen LogP contribution in [0.1, 0.15) is 37.7 Å². The van der Waals surface area contributed by atoms with E-state index in [2.05, 4.69) is 10.2 Å². The fraction of sp³-hybridized carbons (Fsp3) is 0.579. The van der Waals surface area contributed by atoms with Gasteiger partial charge in [0.25, 0.3) is 0 Å². The zero-order valence-corrected chi connectivity index (χ0v) is 14.4. The molecule has 0 radical (unpaired) electrons. The largest absolute Gasteiger partial charge is 0.508 e. The van der Waals surface area contributed by atoms with Gasteiger partial charge in [-0.3, -0.25) is 14.5 Å². The predicted molar refractivity (Wildman–Crippen MR) is 93.3 cm³/mol. The van der Waals surface area contributed by atoms with Gasteiger partial charge in [0.05, 0.1) is 6.54 Å². The van der Waals surface area contributed by atoms with E-state index in [9.17, 15) is 14.7 Å². The van der Waals surface area contributed by atoms with E-state index in [1.807, 2.05) is 12.1 Å². The number of hydrogen-bond acceptors (Lipinski definition) is 4. The molecule has 0 heterocycles. The third-order valence-corrected chi connectivity index (χ3v) is 5.14. The summed E-state index contributed by atoms with van der Waals surface area (Å²) < 4.78 is 0. The molecule has 1 aromatic carbocycles. The second-order valence-corrected chi connectivity index (χ2v) is 7.28. The lowest BCUT2D eigenvalue weighted by molar-refractivity contribution is -0.140. The van der Waals surface area contributed by atoms with Gasteiger partial charge in [0, 0.05) is 25.0 Å². The lowest BCUT2D eigenvalue weighted by Gasteiger charge is -2.42. The molecule has 3 rings (SSSR count). The summed E-state index contributed by atoms with van der Waals surface area (Å²) in [6.07, 6.45) is 4.91. The second kappa shape index (κ2) is 7.87. The van der Waals surface area contributed by atoms with Crippen molar-refractivity contribution in [3.05, 3.63) is 29.8 Å².